The number of H-pyrrole nitrogens is 1. The summed E-state index contributed by atoms with van der Waals surface area (Å²) in [5, 5.41) is 1.26. The summed E-state index contributed by atoms with van der Waals surface area (Å²) in [5.74, 6) is 1.07. The van der Waals surface area contributed by atoms with E-state index in [4.69, 9.17) is 0 Å². The lowest BCUT2D eigenvalue weighted by Gasteiger charge is -2.36. The average Bonchev–Trinajstić information content (AvgIpc) is 3.10. The monoisotopic (exact) mass is 332 g/mol. The van der Waals surface area contributed by atoms with Crippen LogP contribution in [0.1, 0.15) is 37.4 Å². The van der Waals surface area contributed by atoms with Gasteiger partial charge in [-0.25, -0.2) is 8.42 Å². The van der Waals surface area contributed by atoms with E-state index >= 15 is 0 Å². The third kappa shape index (κ3) is 3.17. The van der Waals surface area contributed by atoms with Gasteiger partial charge in [0.15, 0.2) is 9.84 Å². The van der Waals surface area contributed by atoms with Crippen molar-refractivity contribution in [2.45, 2.75) is 31.7 Å². The summed E-state index contributed by atoms with van der Waals surface area (Å²) in [6, 6.07) is 11.1. The number of sulfone groups is 1. The van der Waals surface area contributed by atoms with Gasteiger partial charge in [0.2, 0.25) is 0 Å². The van der Waals surface area contributed by atoms with Gasteiger partial charge in [-0.2, -0.15) is 0 Å². The Morgan fingerprint density at radius 3 is 2.83 bits per heavy atom. The maximum absolute atomic E-state index is 11.7. The third-order valence-electron chi connectivity index (χ3n) is 5.34. The highest BCUT2D eigenvalue weighted by molar-refractivity contribution is 7.91. The summed E-state index contributed by atoms with van der Waals surface area (Å²) in [7, 11) is -2.78. The average molecular weight is 332 g/mol. The number of nitrogens with zero attached hydrogens (tertiary/aromatic N) is 1. The molecular weight excluding hydrogens is 308 g/mol. The van der Waals surface area contributed by atoms with Crippen molar-refractivity contribution in [1.82, 2.24) is 9.88 Å². The number of likely N-dealkylation sites (tertiary alicyclic amines) is 1. The minimum atomic E-state index is -2.78. The van der Waals surface area contributed by atoms with Crippen LogP contribution < -0.4 is 0 Å². The number of aromatic amines is 1. The van der Waals surface area contributed by atoms with E-state index < -0.39 is 9.84 Å². The molecule has 0 aliphatic carbocycles. The number of piperidine rings is 1. The van der Waals surface area contributed by atoms with Gasteiger partial charge in [0.05, 0.1) is 11.5 Å². The molecule has 0 bridgehead atoms. The van der Waals surface area contributed by atoms with Gasteiger partial charge in [-0.3, -0.25) is 4.90 Å². The molecule has 2 saturated heterocycles. The smallest absolute Gasteiger partial charge is 0.150 e. The van der Waals surface area contributed by atoms with Crippen LogP contribution in [0.4, 0.5) is 0 Å². The Kier molecular flexibility index (Phi) is 3.93. The van der Waals surface area contributed by atoms with Crippen molar-refractivity contribution < 1.29 is 8.42 Å². The Morgan fingerprint density at radius 2 is 2.04 bits per heavy atom. The Labute approximate surface area is 137 Å². The standard InChI is InChI=1S/C18H24N2O2S/c21-23(22)10-8-14(13-23)12-20-9-4-3-7-18(20)17-11-15-5-1-2-6-16(15)19-17/h1-2,5-6,11,14,18-19H,3-4,7-10,12-13H2/t14-,18+/m1/s1. The van der Waals surface area contributed by atoms with Crippen molar-refractivity contribution in [2.75, 3.05) is 24.6 Å². The molecule has 23 heavy (non-hydrogen) atoms. The highest BCUT2D eigenvalue weighted by Crippen LogP contribution is 2.34. The van der Waals surface area contributed by atoms with Crippen LogP contribution in [0.15, 0.2) is 30.3 Å². The number of rotatable bonds is 3. The minimum Gasteiger partial charge on any atom is -0.357 e. The first-order chi connectivity index (χ1) is 11.1. The first kappa shape index (κ1) is 15.2. The van der Waals surface area contributed by atoms with E-state index in [2.05, 4.69) is 40.2 Å². The second-order valence-corrected chi connectivity index (χ2v) is 9.32. The summed E-state index contributed by atoms with van der Waals surface area (Å²) in [4.78, 5) is 6.09. The topological polar surface area (TPSA) is 53.2 Å². The van der Waals surface area contributed by atoms with Crippen molar-refractivity contribution in [3.8, 4) is 0 Å². The minimum absolute atomic E-state index is 0.310. The van der Waals surface area contributed by atoms with E-state index in [1.807, 2.05) is 0 Å². The number of aromatic nitrogens is 1. The SMILES string of the molecule is O=S1(=O)CC[C@H](CN2CCCC[C@H]2c2cc3ccccc3[nH]2)C1. The third-order valence-corrected chi connectivity index (χ3v) is 7.18. The molecule has 2 aromatic rings. The molecule has 2 fully saturated rings. The van der Waals surface area contributed by atoms with Crippen LogP contribution in [0.25, 0.3) is 10.9 Å². The second kappa shape index (κ2) is 5.95. The number of benzene rings is 1. The zero-order valence-electron chi connectivity index (χ0n) is 13.4. The van der Waals surface area contributed by atoms with Crippen molar-refractivity contribution >= 4 is 20.7 Å². The molecule has 3 heterocycles. The number of nitrogens with one attached hydrogen (secondary N) is 1. The first-order valence-corrected chi connectivity index (χ1v) is 10.4. The highest BCUT2D eigenvalue weighted by Gasteiger charge is 2.32. The van der Waals surface area contributed by atoms with E-state index in [1.165, 1.54) is 29.4 Å². The predicted molar refractivity (Wildman–Crippen MR) is 93.2 cm³/mol. The molecule has 0 amide bonds. The normalized spacial score (nSPS) is 28.3. The van der Waals surface area contributed by atoms with Crippen LogP contribution >= 0.6 is 0 Å². The van der Waals surface area contributed by atoms with Gasteiger partial charge in [0.25, 0.3) is 0 Å². The molecule has 4 nitrogen and oxygen atoms in total. The zero-order valence-corrected chi connectivity index (χ0v) is 14.2. The van der Waals surface area contributed by atoms with Crippen LogP contribution in [0.5, 0.6) is 0 Å². The van der Waals surface area contributed by atoms with E-state index in [0.29, 0.717) is 23.5 Å². The molecule has 124 valence electrons. The maximum Gasteiger partial charge on any atom is 0.150 e. The van der Waals surface area contributed by atoms with Gasteiger partial charge in [-0.05, 0) is 49.2 Å². The number of para-hydroxylation sites is 1. The largest absolute Gasteiger partial charge is 0.357 e. The molecule has 1 aromatic heterocycles. The molecule has 2 aliphatic heterocycles. The Balaban J connectivity index is 1.55. The van der Waals surface area contributed by atoms with Crippen LogP contribution in [0.3, 0.4) is 0 Å². The van der Waals surface area contributed by atoms with Crippen molar-refractivity contribution in [2.24, 2.45) is 5.92 Å². The van der Waals surface area contributed by atoms with Gasteiger partial charge < -0.3 is 4.98 Å². The maximum atomic E-state index is 11.7. The molecular formula is C18H24N2O2S. The molecule has 0 radical (unpaired) electrons. The van der Waals surface area contributed by atoms with Crippen molar-refractivity contribution in [3.63, 3.8) is 0 Å². The summed E-state index contributed by atoms with van der Waals surface area (Å²) < 4.78 is 23.5. The van der Waals surface area contributed by atoms with Crippen molar-refractivity contribution in [3.05, 3.63) is 36.0 Å². The molecule has 1 N–H and O–H groups in total. The van der Waals surface area contributed by atoms with E-state index in [9.17, 15) is 8.42 Å². The van der Waals surface area contributed by atoms with Crippen LogP contribution in [0, 0.1) is 5.92 Å². The van der Waals surface area contributed by atoms with Crippen molar-refractivity contribution in [1.29, 1.82) is 0 Å². The quantitative estimate of drug-likeness (QED) is 0.939. The van der Waals surface area contributed by atoms with E-state index in [0.717, 1.165) is 25.9 Å². The fourth-order valence-corrected chi connectivity index (χ4v) is 6.03. The van der Waals surface area contributed by atoms with Gasteiger partial charge in [0.1, 0.15) is 0 Å². The zero-order chi connectivity index (χ0) is 15.9. The molecule has 2 aliphatic rings. The van der Waals surface area contributed by atoms with Gasteiger partial charge in [-0.1, -0.05) is 24.6 Å². The number of hydrogen-bond acceptors (Lipinski definition) is 3. The van der Waals surface area contributed by atoms with E-state index in [-0.39, 0.29) is 0 Å². The fraction of sp³-hybridized carbons (Fsp3) is 0.556. The van der Waals surface area contributed by atoms with Gasteiger partial charge in [-0.15, -0.1) is 0 Å². The summed E-state index contributed by atoms with van der Waals surface area (Å²) in [5.41, 5.74) is 2.48. The molecule has 1 aromatic carbocycles. The van der Waals surface area contributed by atoms with E-state index in [1.54, 1.807) is 0 Å². The lowest BCUT2D eigenvalue weighted by Crippen LogP contribution is -2.37. The molecule has 0 spiro atoms. The molecule has 0 unspecified atom stereocenters. The number of fused-ring (bicyclic) bond motifs is 1. The second-order valence-electron chi connectivity index (χ2n) is 7.09. The molecule has 0 saturated carbocycles. The Bertz CT molecular complexity index is 763. The lowest BCUT2D eigenvalue weighted by atomic mass is 9.97. The summed E-state index contributed by atoms with van der Waals surface area (Å²) in [6.45, 7) is 2.00. The van der Waals surface area contributed by atoms with Crippen LogP contribution in [0.2, 0.25) is 0 Å². The van der Waals surface area contributed by atoms with Gasteiger partial charge in [0, 0.05) is 23.8 Å². The fourth-order valence-electron chi connectivity index (χ4n) is 4.18. The lowest BCUT2D eigenvalue weighted by molar-refractivity contribution is 0.127. The Morgan fingerprint density at radius 1 is 1.17 bits per heavy atom. The van der Waals surface area contributed by atoms with Crippen LogP contribution in [-0.2, 0) is 9.84 Å². The predicted octanol–water partition coefficient (Wildman–Crippen LogP) is 3.13. The summed E-state index contributed by atoms with van der Waals surface area (Å²) >= 11 is 0. The van der Waals surface area contributed by atoms with Gasteiger partial charge >= 0.3 is 0 Å². The molecule has 5 heteroatoms. The first-order valence-electron chi connectivity index (χ1n) is 8.63. The highest BCUT2D eigenvalue weighted by atomic mass is 32.2. The molecule has 2 atom stereocenters. The molecule has 4 rings (SSSR count). The number of hydrogen-bond donors (Lipinski definition) is 1. The Hall–Kier alpha value is -1.33. The summed E-state index contributed by atoms with van der Waals surface area (Å²) in [6.07, 6.45) is 4.46. The van der Waals surface area contributed by atoms with Crippen LogP contribution in [-0.4, -0.2) is 42.9 Å².